The van der Waals surface area contributed by atoms with Gasteiger partial charge in [0.2, 0.25) is 0 Å². The Morgan fingerprint density at radius 2 is 1.68 bits per heavy atom. The highest BCUT2D eigenvalue weighted by Gasteiger charge is 2.33. The number of halogens is 4. The molecule has 0 amide bonds. The smallest absolute Gasteiger partial charge is 0.390 e. The molecular formula is C12H15F4NO2. The van der Waals surface area contributed by atoms with Gasteiger partial charge in [0.1, 0.15) is 5.82 Å². The first-order valence-electron chi connectivity index (χ1n) is 5.47. The van der Waals surface area contributed by atoms with Crippen molar-refractivity contribution in [2.24, 2.45) is 0 Å². The van der Waals surface area contributed by atoms with Crippen molar-refractivity contribution in [2.75, 3.05) is 21.3 Å². The molecule has 1 N–H and O–H groups in total. The number of hydrogen-bond donors (Lipinski definition) is 1. The lowest BCUT2D eigenvalue weighted by Gasteiger charge is -2.20. The molecule has 0 aromatic heterocycles. The fraction of sp³-hybridized carbons (Fsp3) is 0.500. The van der Waals surface area contributed by atoms with E-state index in [-0.39, 0.29) is 17.1 Å². The van der Waals surface area contributed by atoms with Crippen LogP contribution in [-0.4, -0.2) is 27.4 Å². The Bertz CT molecular complexity index is 434. The average Bonchev–Trinajstić information content (AvgIpc) is 2.34. The van der Waals surface area contributed by atoms with Gasteiger partial charge in [0.05, 0.1) is 20.6 Å². The predicted molar refractivity (Wildman–Crippen MR) is 62.0 cm³/mol. The first-order chi connectivity index (χ1) is 8.82. The van der Waals surface area contributed by atoms with E-state index < -0.39 is 24.5 Å². The molecule has 0 heterocycles. The van der Waals surface area contributed by atoms with E-state index in [0.717, 1.165) is 6.07 Å². The molecule has 1 aromatic rings. The van der Waals surface area contributed by atoms with Crippen LogP contribution >= 0.6 is 0 Å². The Morgan fingerprint density at radius 1 is 1.16 bits per heavy atom. The molecule has 3 nitrogen and oxygen atoms in total. The van der Waals surface area contributed by atoms with Gasteiger partial charge in [-0.3, -0.25) is 0 Å². The summed E-state index contributed by atoms with van der Waals surface area (Å²) in [6.45, 7) is 0. The Kier molecular flexibility index (Phi) is 4.99. The van der Waals surface area contributed by atoms with Crippen molar-refractivity contribution in [3.05, 3.63) is 23.5 Å². The molecule has 0 aliphatic heterocycles. The van der Waals surface area contributed by atoms with Crippen LogP contribution in [0.5, 0.6) is 11.5 Å². The Morgan fingerprint density at radius 3 is 2.11 bits per heavy atom. The molecule has 0 spiro atoms. The van der Waals surface area contributed by atoms with Gasteiger partial charge in [0.15, 0.2) is 11.5 Å². The van der Waals surface area contributed by atoms with E-state index in [1.807, 2.05) is 0 Å². The monoisotopic (exact) mass is 281 g/mol. The lowest BCUT2D eigenvalue weighted by Crippen LogP contribution is -2.24. The minimum Gasteiger partial charge on any atom is -0.493 e. The first-order valence-corrected chi connectivity index (χ1v) is 5.47. The van der Waals surface area contributed by atoms with Crippen LogP contribution in [0.1, 0.15) is 18.0 Å². The van der Waals surface area contributed by atoms with Crippen LogP contribution in [-0.2, 0) is 0 Å². The number of methoxy groups -OCH3 is 2. The summed E-state index contributed by atoms with van der Waals surface area (Å²) >= 11 is 0. The molecule has 0 aliphatic rings. The third-order valence-corrected chi connectivity index (χ3v) is 2.66. The molecule has 7 heteroatoms. The van der Waals surface area contributed by atoms with E-state index in [4.69, 9.17) is 9.47 Å². The summed E-state index contributed by atoms with van der Waals surface area (Å²) in [4.78, 5) is 0. The molecule has 0 saturated carbocycles. The highest BCUT2D eigenvalue weighted by Crippen LogP contribution is 2.36. The number of rotatable bonds is 5. The van der Waals surface area contributed by atoms with Crippen molar-refractivity contribution < 1.29 is 27.0 Å². The third-order valence-electron chi connectivity index (χ3n) is 2.66. The van der Waals surface area contributed by atoms with Crippen molar-refractivity contribution in [1.29, 1.82) is 0 Å². The normalized spacial score (nSPS) is 13.2. The van der Waals surface area contributed by atoms with E-state index in [0.29, 0.717) is 0 Å². The van der Waals surface area contributed by atoms with Gasteiger partial charge < -0.3 is 14.8 Å². The van der Waals surface area contributed by atoms with Crippen LogP contribution in [0.2, 0.25) is 0 Å². The molecule has 1 unspecified atom stereocenters. The van der Waals surface area contributed by atoms with Crippen LogP contribution in [0, 0.1) is 5.82 Å². The molecule has 0 fully saturated rings. The molecule has 1 rings (SSSR count). The van der Waals surface area contributed by atoms with Gasteiger partial charge in [-0.1, -0.05) is 0 Å². The van der Waals surface area contributed by atoms with Crippen LogP contribution < -0.4 is 14.8 Å². The standard InChI is InChI=1S/C12H15F4NO2/c1-17-9(6-12(14,15)16)7-4-10(18-2)11(19-3)5-8(7)13/h4-5,9,17H,6H2,1-3H3. The van der Waals surface area contributed by atoms with Crippen molar-refractivity contribution >= 4 is 0 Å². The van der Waals surface area contributed by atoms with Crippen molar-refractivity contribution in [3.63, 3.8) is 0 Å². The number of benzene rings is 1. The Balaban J connectivity index is 3.17. The van der Waals surface area contributed by atoms with Gasteiger partial charge >= 0.3 is 6.18 Å². The number of nitrogens with one attached hydrogen (secondary N) is 1. The van der Waals surface area contributed by atoms with Gasteiger partial charge in [-0.05, 0) is 13.1 Å². The summed E-state index contributed by atoms with van der Waals surface area (Å²) in [5, 5.41) is 2.45. The largest absolute Gasteiger partial charge is 0.493 e. The maximum absolute atomic E-state index is 13.8. The van der Waals surface area contributed by atoms with Crippen LogP contribution in [0.25, 0.3) is 0 Å². The molecule has 1 atom stereocenters. The van der Waals surface area contributed by atoms with Crippen molar-refractivity contribution in [2.45, 2.75) is 18.6 Å². The van der Waals surface area contributed by atoms with Crippen molar-refractivity contribution in [3.8, 4) is 11.5 Å². The van der Waals surface area contributed by atoms with Gasteiger partial charge in [-0.2, -0.15) is 13.2 Å². The molecule has 19 heavy (non-hydrogen) atoms. The summed E-state index contributed by atoms with van der Waals surface area (Å²) in [7, 11) is 3.99. The molecule has 1 aromatic carbocycles. The second-order valence-corrected chi connectivity index (χ2v) is 3.89. The van der Waals surface area contributed by atoms with Gasteiger partial charge in [0.25, 0.3) is 0 Å². The zero-order valence-electron chi connectivity index (χ0n) is 10.8. The number of ether oxygens (including phenoxy) is 2. The van der Waals surface area contributed by atoms with Gasteiger partial charge in [-0.15, -0.1) is 0 Å². The van der Waals surface area contributed by atoms with Crippen LogP contribution in [0.3, 0.4) is 0 Å². The Labute approximate surface area is 108 Å². The molecule has 108 valence electrons. The fourth-order valence-electron chi connectivity index (χ4n) is 1.74. The highest BCUT2D eigenvalue weighted by atomic mass is 19.4. The molecular weight excluding hydrogens is 266 g/mol. The summed E-state index contributed by atoms with van der Waals surface area (Å²) in [6.07, 6.45) is -5.57. The molecule has 0 saturated heterocycles. The second-order valence-electron chi connectivity index (χ2n) is 3.89. The maximum Gasteiger partial charge on any atom is 0.390 e. The summed E-state index contributed by atoms with van der Waals surface area (Å²) in [5.41, 5.74) is -0.113. The van der Waals surface area contributed by atoms with E-state index >= 15 is 0 Å². The minimum atomic E-state index is -4.40. The third kappa shape index (κ3) is 3.99. The van der Waals surface area contributed by atoms with E-state index in [9.17, 15) is 17.6 Å². The topological polar surface area (TPSA) is 30.5 Å². The number of alkyl halides is 3. The zero-order chi connectivity index (χ0) is 14.6. The first kappa shape index (κ1) is 15.6. The van der Waals surface area contributed by atoms with Gasteiger partial charge in [0, 0.05) is 17.7 Å². The van der Waals surface area contributed by atoms with E-state index in [1.165, 1.54) is 27.3 Å². The zero-order valence-corrected chi connectivity index (χ0v) is 10.8. The average molecular weight is 281 g/mol. The van der Waals surface area contributed by atoms with Crippen LogP contribution in [0.15, 0.2) is 12.1 Å². The lowest BCUT2D eigenvalue weighted by atomic mass is 10.0. The SMILES string of the molecule is CNC(CC(F)(F)F)c1cc(OC)c(OC)cc1F. The summed E-state index contributed by atoms with van der Waals surface area (Å²) in [5.74, 6) is -0.465. The second kappa shape index (κ2) is 6.10. The van der Waals surface area contributed by atoms with E-state index in [2.05, 4.69) is 5.32 Å². The van der Waals surface area contributed by atoms with Crippen molar-refractivity contribution in [1.82, 2.24) is 5.32 Å². The Hall–Kier alpha value is -1.50. The molecule has 0 aliphatic carbocycles. The predicted octanol–water partition coefficient (Wildman–Crippen LogP) is 3.06. The lowest BCUT2D eigenvalue weighted by molar-refractivity contribution is -0.140. The quantitative estimate of drug-likeness (QED) is 0.841. The van der Waals surface area contributed by atoms with Gasteiger partial charge in [-0.25, -0.2) is 4.39 Å². The highest BCUT2D eigenvalue weighted by molar-refractivity contribution is 5.44. The summed E-state index contributed by atoms with van der Waals surface area (Å²) < 4.78 is 60.9. The molecule has 0 radical (unpaired) electrons. The number of hydrogen-bond acceptors (Lipinski definition) is 3. The molecule has 0 bridgehead atoms. The summed E-state index contributed by atoms with van der Waals surface area (Å²) in [6, 6.07) is 1.04. The maximum atomic E-state index is 13.8. The van der Waals surface area contributed by atoms with E-state index in [1.54, 1.807) is 0 Å². The minimum absolute atomic E-state index is 0.113. The van der Waals surface area contributed by atoms with Crippen LogP contribution in [0.4, 0.5) is 17.6 Å². The fourth-order valence-corrected chi connectivity index (χ4v) is 1.74.